The number of hydrogen-bond donors (Lipinski definition) is 1. The Morgan fingerprint density at radius 3 is 2.54 bits per heavy atom. The Kier molecular flexibility index (Phi) is 5.31. The lowest BCUT2D eigenvalue weighted by Gasteiger charge is -2.31. The van der Waals surface area contributed by atoms with E-state index in [-0.39, 0.29) is 17.0 Å². The van der Waals surface area contributed by atoms with E-state index in [9.17, 15) is 18.0 Å². The van der Waals surface area contributed by atoms with Gasteiger partial charge < -0.3 is 19.5 Å². The van der Waals surface area contributed by atoms with Crippen molar-refractivity contribution in [1.29, 1.82) is 5.26 Å². The zero-order valence-electron chi connectivity index (χ0n) is 14.6. The van der Waals surface area contributed by atoms with Gasteiger partial charge in [-0.1, -0.05) is 12.1 Å². The number of rotatable bonds is 4. The van der Waals surface area contributed by atoms with Gasteiger partial charge in [-0.15, -0.1) is 0 Å². The van der Waals surface area contributed by atoms with Gasteiger partial charge in [0.1, 0.15) is 17.9 Å². The summed E-state index contributed by atoms with van der Waals surface area (Å²) in [5.74, 6) is 0.207. The van der Waals surface area contributed by atoms with Crippen LogP contribution in [0, 0.1) is 11.3 Å². The molecule has 3 rings (SSSR count). The number of carbonyl (C=O) groups is 1. The summed E-state index contributed by atoms with van der Waals surface area (Å²) < 4.78 is 52.8. The molecule has 1 amide bonds. The van der Waals surface area contributed by atoms with E-state index in [4.69, 9.17) is 14.7 Å². The van der Waals surface area contributed by atoms with E-state index in [2.05, 4.69) is 10.1 Å². The molecule has 2 aromatic rings. The Morgan fingerprint density at radius 2 is 1.89 bits per heavy atom. The molecule has 2 aromatic carbocycles. The number of carbonyl (C=O) groups excluding carboxylic acids is 1. The van der Waals surface area contributed by atoms with E-state index in [0.717, 1.165) is 0 Å². The summed E-state index contributed by atoms with van der Waals surface area (Å²) in [6, 6.07) is 12.4. The first-order valence-corrected chi connectivity index (χ1v) is 8.24. The van der Waals surface area contributed by atoms with Crippen LogP contribution in [0.2, 0.25) is 0 Å². The highest BCUT2D eigenvalue weighted by Crippen LogP contribution is 2.34. The van der Waals surface area contributed by atoms with Gasteiger partial charge in [0.2, 0.25) is 6.10 Å². The van der Waals surface area contributed by atoms with Gasteiger partial charge in [-0.2, -0.15) is 18.4 Å². The van der Waals surface area contributed by atoms with Crippen molar-refractivity contribution in [2.75, 3.05) is 11.9 Å². The second-order valence-electron chi connectivity index (χ2n) is 6.02. The van der Waals surface area contributed by atoms with Crippen molar-refractivity contribution >= 4 is 11.6 Å². The maximum Gasteiger partial charge on any atom is 0.422 e. The Labute approximate surface area is 158 Å². The van der Waals surface area contributed by atoms with Crippen molar-refractivity contribution in [2.45, 2.75) is 25.3 Å². The fourth-order valence-electron chi connectivity index (χ4n) is 2.60. The van der Waals surface area contributed by atoms with Crippen LogP contribution in [0.25, 0.3) is 0 Å². The van der Waals surface area contributed by atoms with E-state index < -0.39 is 30.9 Å². The summed E-state index contributed by atoms with van der Waals surface area (Å²) in [6.07, 6.45) is -6.04. The number of fused-ring (bicyclic) bond motifs is 1. The summed E-state index contributed by atoms with van der Waals surface area (Å²) in [6.45, 7) is 0.159. The van der Waals surface area contributed by atoms with E-state index in [1.54, 1.807) is 37.3 Å². The third-order valence-electron chi connectivity index (χ3n) is 3.86. The molecule has 0 bridgehead atoms. The van der Waals surface area contributed by atoms with Gasteiger partial charge in [0.15, 0.2) is 18.1 Å². The van der Waals surface area contributed by atoms with Crippen LogP contribution in [0.4, 0.5) is 18.9 Å². The predicted molar refractivity (Wildman–Crippen MR) is 92.3 cm³/mol. The fraction of sp³-hybridized carbons (Fsp3) is 0.263. The number of nitrogens with one attached hydrogen (secondary N) is 1. The van der Waals surface area contributed by atoms with Gasteiger partial charge in [0.05, 0.1) is 5.56 Å². The number of anilines is 1. The topological polar surface area (TPSA) is 80.6 Å². The number of nitriles is 1. The number of ether oxygens (including phenoxy) is 3. The highest BCUT2D eigenvalue weighted by atomic mass is 19.4. The minimum Gasteiger partial charge on any atom is -0.483 e. The molecule has 1 aliphatic heterocycles. The van der Waals surface area contributed by atoms with Gasteiger partial charge in [-0.05, 0) is 37.3 Å². The highest BCUT2D eigenvalue weighted by Gasteiger charge is 2.34. The van der Waals surface area contributed by atoms with Crippen LogP contribution in [-0.2, 0) is 4.79 Å². The molecule has 0 spiro atoms. The lowest BCUT2D eigenvalue weighted by atomic mass is 10.1. The lowest BCUT2D eigenvalue weighted by molar-refractivity contribution is -0.153. The number of nitrogens with zero attached hydrogens (tertiary/aromatic N) is 1. The van der Waals surface area contributed by atoms with Gasteiger partial charge in [0.25, 0.3) is 5.91 Å². The smallest absolute Gasteiger partial charge is 0.422 e. The van der Waals surface area contributed by atoms with Gasteiger partial charge in [-0.3, -0.25) is 4.79 Å². The second kappa shape index (κ2) is 7.68. The standard InChI is InChI=1S/C19H15F3N2O4/c1-11-17(28-16-5-3-2-4-15(16)27-11)18(25)24-13-6-7-14(12(8-13)9-23)26-10-19(20,21)22/h2-8,11,17H,10H2,1H3,(H,24,25). The molecule has 0 aromatic heterocycles. The monoisotopic (exact) mass is 392 g/mol. The molecule has 1 N–H and O–H groups in total. The Bertz CT molecular complexity index is 924. The third-order valence-corrected chi connectivity index (χ3v) is 3.86. The molecule has 1 heterocycles. The molecule has 146 valence electrons. The normalized spacial score (nSPS) is 18.1. The third kappa shape index (κ3) is 4.46. The molecule has 28 heavy (non-hydrogen) atoms. The Morgan fingerprint density at radius 1 is 1.21 bits per heavy atom. The molecule has 2 atom stereocenters. The lowest BCUT2D eigenvalue weighted by Crippen LogP contribution is -2.46. The van der Waals surface area contributed by atoms with Crippen LogP contribution in [0.3, 0.4) is 0 Å². The Balaban J connectivity index is 1.71. The molecule has 1 aliphatic rings. The average Bonchev–Trinajstić information content (AvgIpc) is 2.65. The summed E-state index contributed by atoms with van der Waals surface area (Å²) in [7, 11) is 0. The van der Waals surface area contributed by atoms with Crippen molar-refractivity contribution in [3.63, 3.8) is 0 Å². The molecule has 0 fully saturated rings. The van der Waals surface area contributed by atoms with Crippen LogP contribution in [0.1, 0.15) is 12.5 Å². The number of amides is 1. The highest BCUT2D eigenvalue weighted by molar-refractivity contribution is 5.95. The predicted octanol–water partition coefficient (Wildman–Crippen LogP) is 3.67. The Hall–Kier alpha value is -3.41. The number of para-hydroxylation sites is 2. The molecule has 0 radical (unpaired) electrons. The SMILES string of the molecule is CC1Oc2ccccc2OC1C(=O)Nc1ccc(OCC(F)(F)F)c(C#N)c1. The molecule has 9 heteroatoms. The van der Waals surface area contributed by atoms with Crippen LogP contribution in [0.5, 0.6) is 17.2 Å². The van der Waals surface area contributed by atoms with Crippen LogP contribution in [0.15, 0.2) is 42.5 Å². The summed E-state index contributed by atoms with van der Waals surface area (Å²) in [4.78, 5) is 12.6. The number of hydrogen-bond acceptors (Lipinski definition) is 5. The van der Waals surface area contributed by atoms with E-state index >= 15 is 0 Å². The number of alkyl halides is 3. The minimum absolute atomic E-state index is 0.138. The first kappa shape index (κ1) is 19.4. The van der Waals surface area contributed by atoms with E-state index in [1.165, 1.54) is 18.2 Å². The molecule has 0 aliphatic carbocycles. The summed E-state index contributed by atoms with van der Waals surface area (Å²) in [5, 5.41) is 11.7. The zero-order chi connectivity index (χ0) is 20.3. The molecule has 6 nitrogen and oxygen atoms in total. The minimum atomic E-state index is -4.52. The quantitative estimate of drug-likeness (QED) is 0.859. The number of benzene rings is 2. The van der Waals surface area contributed by atoms with Crippen molar-refractivity contribution < 1.29 is 32.2 Å². The van der Waals surface area contributed by atoms with Crippen LogP contribution < -0.4 is 19.5 Å². The second-order valence-corrected chi connectivity index (χ2v) is 6.02. The summed E-state index contributed by atoms with van der Waals surface area (Å²) in [5.41, 5.74) is 0.0804. The van der Waals surface area contributed by atoms with Gasteiger partial charge >= 0.3 is 6.18 Å². The maximum absolute atomic E-state index is 12.6. The van der Waals surface area contributed by atoms with Crippen LogP contribution in [-0.4, -0.2) is 30.9 Å². The van der Waals surface area contributed by atoms with Crippen LogP contribution >= 0.6 is 0 Å². The average molecular weight is 392 g/mol. The zero-order valence-corrected chi connectivity index (χ0v) is 14.6. The van der Waals surface area contributed by atoms with Crippen molar-refractivity contribution in [1.82, 2.24) is 0 Å². The molecule has 0 saturated carbocycles. The van der Waals surface area contributed by atoms with Gasteiger partial charge in [0, 0.05) is 5.69 Å². The summed E-state index contributed by atoms with van der Waals surface area (Å²) >= 11 is 0. The van der Waals surface area contributed by atoms with E-state index in [0.29, 0.717) is 11.5 Å². The largest absolute Gasteiger partial charge is 0.483 e. The van der Waals surface area contributed by atoms with Crippen molar-refractivity contribution in [3.05, 3.63) is 48.0 Å². The van der Waals surface area contributed by atoms with E-state index in [1.807, 2.05) is 0 Å². The molecular weight excluding hydrogens is 377 g/mol. The first-order chi connectivity index (χ1) is 13.3. The van der Waals surface area contributed by atoms with Crippen molar-refractivity contribution in [2.24, 2.45) is 0 Å². The molecule has 0 saturated heterocycles. The maximum atomic E-state index is 12.6. The molecular formula is C19H15F3N2O4. The van der Waals surface area contributed by atoms with Crippen molar-refractivity contribution in [3.8, 4) is 23.3 Å². The van der Waals surface area contributed by atoms with Gasteiger partial charge in [-0.25, -0.2) is 0 Å². The molecule has 2 unspecified atom stereocenters. The fourth-order valence-corrected chi connectivity index (χ4v) is 2.60. The number of halogens is 3. The first-order valence-electron chi connectivity index (χ1n) is 8.24.